The standard InChI is InChI=1S/C25H19F3N2O2/c26-25(27,28)24(18-4-2-1-3-5-18)23(19-11-12-21(30)20(14-19)15-29)17-9-6-16(7-10-17)8-13-22(31)32/h1-15,29H,30H2,(H,31,32)/b13-8+,24-23-,29-15?. The number of rotatable bonds is 6. The zero-order chi connectivity index (χ0) is 23.3. The van der Waals surface area contributed by atoms with Crippen molar-refractivity contribution in [2.75, 3.05) is 5.73 Å². The van der Waals surface area contributed by atoms with Gasteiger partial charge in [-0.1, -0.05) is 60.7 Å². The topological polar surface area (TPSA) is 87.2 Å². The van der Waals surface area contributed by atoms with Gasteiger partial charge in [-0.05, 0) is 40.5 Å². The van der Waals surface area contributed by atoms with Gasteiger partial charge in [-0.3, -0.25) is 0 Å². The van der Waals surface area contributed by atoms with Crippen LogP contribution in [-0.4, -0.2) is 23.5 Å². The minimum atomic E-state index is -4.68. The van der Waals surface area contributed by atoms with Crippen LogP contribution in [0.2, 0.25) is 0 Å². The highest BCUT2D eigenvalue weighted by molar-refractivity contribution is 6.01. The van der Waals surface area contributed by atoms with E-state index in [2.05, 4.69) is 0 Å². The molecule has 4 N–H and O–H groups in total. The molecule has 162 valence electrons. The lowest BCUT2D eigenvalue weighted by Crippen LogP contribution is -2.14. The van der Waals surface area contributed by atoms with Crippen LogP contribution in [0.1, 0.15) is 27.8 Å². The van der Waals surface area contributed by atoms with Crippen molar-refractivity contribution in [1.82, 2.24) is 0 Å². The third kappa shape index (κ3) is 5.13. The molecule has 32 heavy (non-hydrogen) atoms. The largest absolute Gasteiger partial charge is 0.478 e. The van der Waals surface area contributed by atoms with Crippen molar-refractivity contribution in [3.63, 3.8) is 0 Å². The number of hydrogen-bond acceptors (Lipinski definition) is 3. The summed E-state index contributed by atoms with van der Waals surface area (Å²) in [5.74, 6) is -1.13. The summed E-state index contributed by atoms with van der Waals surface area (Å²) in [6, 6.07) is 18.0. The maximum atomic E-state index is 14.4. The van der Waals surface area contributed by atoms with E-state index in [1.54, 1.807) is 18.2 Å². The summed E-state index contributed by atoms with van der Waals surface area (Å²) in [4.78, 5) is 10.7. The van der Waals surface area contributed by atoms with E-state index in [1.807, 2.05) is 0 Å². The molecule has 3 rings (SSSR count). The van der Waals surface area contributed by atoms with Crippen LogP contribution in [0, 0.1) is 5.41 Å². The molecular formula is C25H19F3N2O2. The normalized spacial score (nSPS) is 12.5. The van der Waals surface area contributed by atoms with Gasteiger partial charge in [0.1, 0.15) is 0 Å². The smallest absolute Gasteiger partial charge is 0.417 e. The van der Waals surface area contributed by atoms with Crippen LogP contribution < -0.4 is 5.73 Å². The first kappa shape index (κ1) is 22.6. The van der Waals surface area contributed by atoms with Gasteiger partial charge in [-0.25, -0.2) is 4.79 Å². The van der Waals surface area contributed by atoms with Crippen molar-refractivity contribution in [2.24, 2.45) is 0 Å². The van der Waals surface area contributed by atoms with Crippen LogP contribution in [0.15, 0.2) is 78.9 Å². The molecule has 0 aromatic heterocycles. The van der Waals surface area contributed by atoms with E-state index < -0.39 is 17.7 Å². The van der Waals surface area contributed by atoms with E-state index in [4.69, 9.17) is 16.2 Å². The lowest BCUT2D eigenvalue weighted by Gasteiger charge is -2.20. The minimum Gasteiger partial charge on any atom is -0.478 e. The molecule has 0 atom stereocenters. The number of halogens is 3. The molecule has 0 saturated heterocycles. The number of aliphatic carboxylic acids is 1. The molecule has 3 aromatic carbocycles. The summed E-state index contributed by atoms with van der Waals surface area (Å²) in [6.45, 7) is 0. The third-order valence-corrected chi connectivity index (χ3v) is 4.74. The van der Waals surface area contributed by atoms with Crippen molar-refractivity contribution in [3.8, 4) is 0 Å². The van der Waals surface area contributed by atoms with Crippen molar-refractivity contribution >= 4 is 35.1 Å². The molecule has 7 heteroatoms. The van der Waals surface area contributed by atoms with Gasteiger partial charge in [0.15, 0.2) is 0 Å². The van der Waals surface area contributed by atoms with E-state index in [-0.39, 0.29) is 28.0 Å². The summed E-state index contributed by atoms with van der Waals surface area (Å²) in [5.41, 5.74) is 6.60. The fourth-order valence-electron chi connectivity index (χ4n) is 3.29. The highest BCUT2D eigenvalue weighted by atomic mass is 19.4. The lowest BCUT2D eigenvalue weighted by molar-refractivity contribution is -0.131. The van der Waals surface area contributed by atoms with Crippen LogP contribution in [0.5, 0.6) is 0 Å². The van der Waals surface area contributed by atoms with Crippen molar-refractivity contribution in [1.29, 1.82) is 5.41 Å². The average molecular weight is 436 g/mol. The summed E-state index contributed by atoms with van der Waals surface area (Å²) >= 11 is 0. The van der Waals surface area contributed by atoms with Crippen molar-refractivity contribution in [2.45, 2.75) is 6.18 Å². The van der Waals surface area contributed by atoms with Gasteiger partial charge in [0.05, 0.1) is 5.57 Å². The van der Waals surface area contributed by atoms with Crippen LogP contribution in [-0.2, 0) is 4.79 Å². The summed E-state index contributed by atoms with van der Waals surface area (Å²) in [5, 5.41) is 16.3. The van der Waals surface area contributed by atoms with E-state index in [0.717, 1.165) is 12.3 Å². The highest BCUT2D eigenvalue weighted by Crippen LogP contribution is 2.43. The van der Waals surface area contributed by atoms with Crippen LogP contribution in [0.3, 0.4) is 0 Å². The van der Waals surface area contributed by atoms with Gasteiger partial charge in [-0.15, -0.1) is 0 Å². The van der Waals surface area contributed by atoms with Gasteiger partial charge in [0.25, 0.3) is 0 Å². The number of nitrogens with one attached hydrogen (secondary N) is 1. The Bertz CT molecular complexity index is 1200. The number of benzene rings is 3. The summed E-state index contributed by atoms with van der Waals surface area (Å²) in [7, 11) is 0. The number of anilines is 1. The molecule has 0 unspecified atom stereocenters. The Morgan fingerprint density at radius 3 is 2.09 bits per heavy atom. The number of carbonyl (C=O) groups is 1. The molecule has 0 saturated carbocycles. The van der Waals surface area contributed by atoms with Crippen molar-refractivity contribution < 1.29 is 23.1 Å². The Kier molecular flexibility index (Phi) is 6.59. The average Bonchev–Trinajstić information content (AvgIpc) is 2.76. The highest BCUT2D eigenvalue weighted by Gasteiger charge is 2.38. The fourth-order valence-corrected chi connectivity index (χ4v) is 3.29. The first-order valence-electron chi connectivity index (χ1n) is 9.49. The molecule has 0 heterocycles. The number of carboxylic acid groups (broad SMARTS) is 1. The summed E-state index contributed by atoms with van der Waals surface area (Å²) in [6.07, 6.45) is -1.38. The fraction of sp³-hybridized carbons (Fsp3) is 0.0400. The summed E-state index contributed by atoms with van der Waals surface area (Å²) < 4.78 is 43.1. The molecule has 0 aliphatic rings. The SMILES string of the molecule is N=Cc1cc(/C(=C(/c2ccccc2)C(F)(F)F)c2ccc(/C=C/C(=O)O)cc2)ccc1N. The minimum absolute atomic E-state index is 0.00178. The Morgan fingerprint density at radius 2 is 1.53 bits per heavy atom. The van der Waals surface area contributed by atoms with Gasteiger partial charge < -0.3 is 16.2 Å². The van der Waals surface area contributed by atoms with E-state index >= 15 is 0 Å². The molecule has 3 aromatic rings. The number of allylic oxidation sites excluding steroid dienone is 1. The monoisotopic (exact) mass is 436 g/mol. The van der Waals surface area contributed by atoms with Crippen LogP contribution in [0.4, 0.5) is 18.9 Å². The number of hydrogen-bond donors (Lipinski definition) is 3. The van der Waals surface area contributed by atoms with E-state index in [9.17, 15) is 18.0 Å². The second-order valence-corrected chi connectivity index (χ2v) is 6.90. The number of nitrogen functional groups attached to an aromatic ring is 1. The molecule has 0 bridgehead atoms. The molecule has 0 fully saturated rings. The number of nitrogens with two attached hydrogens (primary N) is 1. The third-order valence-electron chi connectivity index (χ3n) is 4.74. The molecule has 4 nitrogen and oxygen atoms in total. The van der Waals surface area contributed by atoms with Gasteiger partial charge in [0, 0.05) is 29.1 Å². The van der Waals surface area contributed by atoms with E-state index in [1.165, 1.54) is 60.7 Å². The lowest BCUT2D eigenvalue weighted by atomic mass is 9.88. The molecular weight excluding hydrogens is 417 g/mol. The zero-order valence-corrected chi connectivity index (χ0v) is 16.7. The second kappa shape index (κ2) is 9.34. The van der Waals surface area contributed by atoms with E-state index in [0.29, 0.717) is 11.1 Å². The Labute approximate surface area is 182 Å². The first-order valence-corrected chi connectivity index (χ1v) is 9.49. The maximum absolute atomic E-state index is 14.4. The van der Waals surface area contributed by atoms with Gasteiger partial charge in [-0.2, -0.15) is 13.2 Å². The molecule has 0 aliphatic heterocycles. The Morgan fingerprint density at radius 1 is 0.906 bits per heavy atom. The predicted octanol–water partition coefficient (Wildman–Crippen LogP) is 5.89. The Hall–Kier alpha value is -4.13. The number of carboxylic acids is 1. The second-order valence-electron chi connectivity index (χ2n) is 6.90. The zero-order valence-electron chi connectivity index (χ0n) is 16.7. The molecule has 0 aliphatic carbocycles. The van der Waals surface area contributed by atoms with Crippen molar-refractivity contribution in [3.05, 3.63) is 107 Å². The van der Waals surface area contributed by atoms with Gasteiger partial charge >= 0.3 is 12.1 Å². The molecule has 0 radical (unpaired) electrons. The first-order chi connectivity index (χ1) is 15.2. The maximum Gasteiger partial charge on any atom is 0.417 e. The van der Waals surface area contributed by atoms with Gasteiger partial charge in [0.2, 0.25) is 0 Å². The van der Waals surface area contributed by atoms with Crippen LogP contribution in [0.25, 0.3) is 17.2 Å². The molecule has 0 spiro atoms. The Balaban J connectivity index is 2.32. The van der Waals surface area contributed by atoms with Crippen LogP contribution >= 0.6 is 0 Å². The molecule has 0 amide bonds. The predicted molar refractivity (Wildman–Crippen MR) is 120 cm³/mol. The number of alkyl halides is 3. The quantitative estimate of drug-likeness (QED) is 0.195.